The fraction of sp³-hybridized carbons (Fsp3) is 1.00. The summed E-state index contributed by atoms with van der Waals surface area (Å²) in [5.41, 5.74) is 0.171. The van der Waals surface area contributed by atoms with E-state index >= 15 is 0 Å². The quantitative estimate of drug-likeness (QED) is 0.0721. The van der Waals surface area contributed by atoms with Crippen molar-refractivity contribution in [1.29, 1.82) is 0 Å². The van der Waals surface area contributed by atoms with Gasteiger partial charge in [-0.1, -0.05) is 251 Å². The minimum Gasteiger partial charge on any atom is -0.110 e. The molecule has 57 heavy (non-hydrogen) atoms. The van der Waals surface area contributed by atoms with E-state index in [4.69, 9.17) is 102 Å². The smallest absolute Gasteiger partial charge is 0.110 e. The first-order chi connectivity index (χ1) is 26.5. The highest BCUT2D eigenvalue weighted by atomic mass is 14.1. The summed E-state index contributed by atoms with van der Waals surface area (Å²) in [5, 5.41) is -0.0747. The van der Waals surface area contributed by atoms with Crippen LogP contribution in [0.3, 0.4) is 0 Å². The summed E-state index contributed by atoms with van der Waals surface area (Å²) >= 11 is 0. The molecule has 0 spiro atoms. The monoisotopic (exact) mass is 754 g/mol. The molecule has 0 rings (SSSR count). The zero-order chi connectivity index (χ0) is 46.7. The highest BCUT2D eigenvalue weighted by molar-refractivity contribution is 6.49. The Balaban J connectivity index is -0.0000000805. The Hall–Kier alpha value is 1.04. The SMILES string of the molecule is [B]C(C)CC[B]CC.[B]C(C)[B]CC.[B]C([B])CCC.[B]CC(CC)C([B])C.[B]CCC(C)[B]CC.[B]CCC([B])(C)C.[B]CCC([B])C.[B]CCC([B])CCC. The molecule has 0 amide bonds. The average Bonchev–Trinajstić information content (AvgIpc) is 3.07. The number of hydrogen-bond acceptors (Lipinski definition) is 0. The summed E-state index contributed by atoms with van der Waals surface area (Å²) in [6.45, 7) is 26.8. The molecule has 0 saturated heterocycles. The summed E-state index contributed by atoms with van der Waals surface area (Å²) in [6.07, 6.45) is 18.7. The molecular formula is C41H85B16. The molecule has 16 heteroatoms. The summed E-state index contributed by atoms with van der Waals surface area (Å²) in [4.78, 5) is 0. The van der Waals surface area contributed by atoms with Gasteiger partial charge in [-0.2, -0.15) is 0 Å². The van der Waals surface area contributed by atoms with Crippen LogP contribution in [0.5, 0.6) is 0 Å². The van der Waals surface area contributed by atoms with Gasteiger partial charge in [0.1, 0.15) is 21.8 Å². The largest absolute Gasteiger partial charge is 0.112 e. The van der Waals surface area contributed by atoms with E-state index in [9.17, 15) is 0 Å². The van der Waals surface area contributed by atoms with Gasteiger partial charge < -0.3 is 0 Å². The van der Waals surface area contributed by atoms with Gasteiger partial charge in [-0.25, -0.2) is 0 Å². The van der Waals surface area contributed by atoms with Crippen molar-refractivity contribution in [2.24, 2.45) is 5.92 Å². The summed E-state index contributed by atoms with van der Waals surface area (Å²) in [7, 11) is 76.3. The first-order valence-electron chi connectivity index (χ1n) is 22.5. The second-order valence-corrected chi connectivity index (χ2v) is 15.9. The number of rotatable bonds is 23. The van der Waals surface area contributed by atoms with E-state index in [2.05, 4.69) is 70.3 Å². The zero-order valence-electron chi connectivity index (χ0n) is 40.8. The van der Waals surface area contributed by atoms with Gasteiger partial charge in [0.15, 0.2) is 0 Å². The van der Waals surface area contributed by atoms with Crippen LogP contribution >= 0.6 is 0 Å². The van der Waals surface area contributed by atoms with Gasteiger partial charge in [0.2, 0.25) is 0 Å². The maximum atomic E-state index is 5.61. The molecule has 7 atom stereocenters. The van der Waals surface area contributed by atoms with E-state index in [1.165, 1.54) is 25.4 Å². The van der Waals surface area contributed by atoms with Gasteiger partial charge in [0.25, 0.3) is 0 Å². The first kappa shape index (κ1) is 75.4. The standard InChI is InChI=1S/2C6H13B2.2C6H12B2.C5H10B2.C4H8B2.C4H9B2.C4H8B2/c1-3-8-5-4-6(2)7;1-3-8-6(2)4-5-7;1-3-6(4-7)5(2)8;1-2-3-6(8)4-5-7;1-5(2,7)3-4-6;1-4(6)2-3-5;1-3-6-4(2)5;1-2-3-4(5)6/h2*6H,3-5H2,1-2H3;5-6H,3-4H2,1-2H3;6H,2-5H2,1H3;3-4H2,1-2H3;4H,2-3H2,1H3;4H,3H2,1-2H3;4H,2-3H2,1H3. The van der Waals surface area contributed by atoms with Gasteiger partial charge in [0, 0.05) is 0 Å². The molecular weight excluding hydrogens is 665 g/mol. The Labute approximate surface area is 384 Å². The Morgan fingerprint density at radius 2 is 0.982 bits per heavy atom. The Kier molecular flexibility index (Phi) is 84.2. The molecule has 0 saturated carbocycles. The van der Waals surface area contributed by atoms with Gasteiger partial charge in [-0.3, -0.25) is 0 Å². The maximum Gasteiger partial charge on any atom is 0.112 e. The average molecular weight is 751 g/mol. The Morgan fingerprint density at radius 1 is 0.526 bits per heavy atom. The van der Waals surface area contributed by atoms with Gasteiger partial charge in [-0.15, -0.1) is 11.4 Å². The van der Waals surface area contributed by atoms with Gasteiger partial charge >= 0.3 is 0 Å². The van der Waals surface area contributed by atoms with E-state index in [-0.39, 0.29) is 28.4 Å². The van der Waals surface area contributed by atoms with Crippen LogP contribution in [0, 0.1) is 5.92 Å². The Morgan fingerprint density at radius 3 is 1.14 bits per heavy atom. The molecule has 0 aromatic heterocycles. The molecule has 7 unspecified atom stereocenters. The molecule has 0 bridgehead atoms. The molecule has 0 heterocycles. The third kappa shape index (κ3) is 113. The van der Waals surface area contributed by atoms with E-state index in [0.29, 0.717) is 42.3 Å². The van der Waals surface area contributed by atoms with Crippen molar-refractivity contribution in [1.82, 2.24) is 0 Å². The third-order valence-corrected chi connectivity index (χ3v) is 7.78. The van der Waals surface area contributed by atoms with Crippen molar-refractivity contribution in [2.75, 3.05) is 0 Å². The fourth-order valence-electron chi connectivity index (χ4n) is 4.19. The zero-order valence-corrected chi connectivity index (χ0v) is 40.8. The third-order valence-electron chi connectivity index (χ3n) is 7.78. The van der Waals surface area contributed by atoms with E-state index in [1.807, 2.05) is 41.5 Å². The summed E-state index contributed by atoms with van der Waals surface area (Å²) in [6, 6.07) is 0. The molecule has 0 aromatic rings. The topological polar surface area (TPSA) is 0 Å². The maximum absolute atomic E-state index is 5.61. The van der Waals surface area contributed by atoms with Crippen LogP contribution in [0.2, 0.25) is 103 Å². The highest BCUT2D eigenvalue weighted by Crippen LogP contribution is 2.24. The lowest BCUT2D eigenvalue weighted by Gasteiger charge is -2.16. The summed E-state index contributed by atoms with van der Waals surface area (Å²) < 4.78 is 0. The van der Waals surface area contributed by atoms with E-state index < -0.39 is 0 Å². The van der Waals surface area contributed by atoms with Gasteiger partial charge in [-0.05, 0) is 0 Å². The van der Waals surface area contributed by atoms with Crippen molar-refractivity contribution < 1.29 is 0 Å². The molecule has 0 fully saturated rings. The van der Waals surface area contributed by atoms with Gasteiger partial charge in [0.05, 0.1) is 102 Å². The molecule has 0 aliphatic heterocycles. The van der Waals surface area contributed by atoms with Crippen molar-refractivity contribution in [3.63, 3.8) is 0 Å². The molecule has 29 radical (unpaired) electrons. The van der Waals surface area contributed by atoms with Crippen LogP contribution in [0.15, 0.2) is 0 Å². The lowest BCUT2D eigenvalue weighted by molar-refractivity contribution is 0.544. The lowest BCUT2D eigenvalue weighted by atomic mass is 9.54. The second-order valence-electron chi connectivity index (χ2n) is 15.9. The molecule has 0 aliphatic carbocycles. The van der Waals surface area contributed by atoms with E-state index in [0.717, 1.165) is 76.7 Å². The number of hydrogen-bond donors (Lipinski definition) is 0. The van der Waals surface area contributed by atoms with Crippen LogP contribution in [-0.2, 0) is 0 Å². The molecule has 0 aliphatic rings. The second kappa shape index (κ2) is 63.7. The van der Waals surface area contributed by atoms with Crippen LogP contribution in [0.25, 0.3) is 0 Å². The van der Waals surface area contributed by atoms with Crippen molar-refractivity contribution in [2.45, 2.75) is 257 Å². The molecule has 297 valence electrons. The normalized spacial score (nSPS) is 13.5. The molecule has 0 nitrogen and oxygen atoms in total. The Bertz CT molecular complexity index is 568. The summed E-state index contributed by atoms with van der Waals surface area (Å²) in [5.74, 6) is 2.46. The highest BCUT2D eigenvalue weighted by Gasteiger charge is 2.06. The molecule has 0 aromatic carbocycles. The van der Waals surface area contributed by atoms with Crippen molar-refractivity contribution in [3.05, 3.63) is 0 Å². The predicted molar refractivity (Wildman–Crippen MR) is 288 cm³/mol. The van der Waals surface area contributed by atoms with E-state index in [1.54, 1.807) is 0 Å². The minimum absolute atomic E-state index is 0.0747. The minimum atomic E-state index is -0.102. The van der Waals surface area contributed by atoms with Crippen LogP contribution in [-0.4, -0.2) is 124 Å². The van der Waals surface area contributed by atoms with Crippen molar-refractivity contribution >= 4 is 124 Å². The van der Waals surface area contributed by atoms with Crippen molar-refractivity contribution in [3.8, 4) is 0 Å². The van der Waals surface area contributed by atoms with Crippen LogP contribution < -0.4 is 0 Å². The lowest BCUT2D eigenvalue weighted by Crippen LogP contribution is -2.03. The van der Waals surface area contributed by atoms with Crippen LogP contribution in [0.1, 0.15) is 154 Å². The predicted octanol–water partition coefficient (Wildman–Crippen LogP) is 11.3. The fourth-order valence-corrected chi connectivity index (χ4v) is 4.19. The molecule has 0 N–H and O–H groups in total. The van der Waals surface area contributed by atoms with Crippen LogP contribution in [0.4, 0.5) is 0 Å². The first-order valence-corrected chi connectivity index (χ1v) is 22.5.